The highest BCUT2D eigenvalue weighted by Crippen LogP contribution is 2.25. The fraction of sp³-hybridized carbons (Fsp3) is 0.250. The number of nitro benzene ring substituents is 1. The largest absolute Gasteiger partial charge is 0.348 e. The molecule has 2 rings (SSSR count). The minimum Gasteiger partial charge on any atom is -0.348 e. The second-order valence-electron chi connectivity index (χ2n) is 5.28. The van der Waals surface area contributed by atoms with Crippen LogP contribution in [-0.4, -0.2) is 16.7 Å². The number of aryl methyl sites for hydroxylation is 1. The maximum Gasteiger partial charge on any atom is 0.274 e. The zero-order chi connectivity index (χ0) is 17.7. The Bertz CT molecular complexity index is 759. The van der Waals surface area contributed by atoms with E-state index in [1.54, 1.807) is 19.1 Å². The SMILES string of the molecule is CC(=O)NC(CC(=O)Nc1ccc(C)c([N+](=O)[O-])c1)c1cccs1. The van der Waals surface area contributed by atoms with Crippen molar-refractivity contribution in [1.29, 1.82) is 0 Å². The summed E-state index contributed by atoms with van der Waals surface area (Å²) in [5.41, 5.74) is 0.822. The normalized spacial score (nSPS) is 11.6. The molecule has 126 valence electrons. The average Bonchev–Trinajstić information content (AvgIpc) is 3.02. The van der Waals surface area contributed by atoms with Crippen molar-refractivity contribution < 1.29 is 14.5 Å². The lowest BCUT2D eigenvalue weighted by Gasteiger charge is -2.16. The Labute approximate surface area is 142 Å². The Morgan fingerprint density at radius 2 is 2.08 bits per heavy atom. The highest BCUT2D eigenvalue weighted by atomic mass is 32.1. The van der Waals surface area contributed by atoms with Gasteiger partial charge in [-0.2, -0.15) is 0 Å². The van der Waals surface area contributed by atoms with E-state index in [-0.39, 0.29) is 23.9 Å². The summed E-state index contributed by atoms with van der Waals surface area (Å²) in [5.74, 6) is -0.563. The molecule has 0 fully saturated rings. The number of thiophene rings is 1. The molecule has 0 saturated carbocycles. The van der Waals surface area contributed by atoms with Crippen molar-refractivity contribution >= 4 is 34.5 Å². The Morgan fingerprint density at radius 1 is 1.33 bits per heavy atom. The second kappa shape index (κ2) is 7.69. The van der Waals surface area contributed by atoms with E-state index in [1.165, 1.54) is 24.3 Å². The van der Waals surface area contributed by atoms with Gasteiger partial charge >= 0.3 is 0 Å². The van der Waals surface area contributed by atoms with Gasteiger partial charge in [0, 0.05) is 29.1 Å². The Kier molecular flexibility index (Phi) is 5.64. The number of anilines is 1. The van der Waals surface area contributed by atoms with Gasteiger partial charge in [-0.3, -0.25) is 19.7 Å². The van der Waals surface area contributed by atoms with Crippen molar-refractivity contribution in [3.63, 3.8) is 0 Å². The van der Waals surface area contributed by atoms with Crippen LogP contribution in [0.1, 0.15) is 29.8 Å². The van der Waals surface area contributed by atoms with Crippen molar-refractivity contribution in [1.82, 2.24) is 5.32 Å². The summed E-state index contributed by atoms with van der Waals surface area (Å²) in [6.45, 7) is 3.02. The molecule has 7 nitrogen and oxygen atoms in total. The van der Waals surface area contributed by atoms with Gasteiger partial charge in [0.15, 0.2) is 0 Å². The highest BCUT2D eigenvalue weighted by molar-refractivity contribution is 7.10. The summed E-state index contributed by atoms with van der Waals surface area (Å²) in [4.78, 5) is 34.9. The van der Waals surface area contributed by atoms with Gasteiger partial charge in [0.1, 0.15) is 0 Å². The van der Waals surface area contributed by atoms with Crippen LogP contribution >= 0.6 is 11.3 Å². The first-order valence-electron chi connectivity index (χ1n) is 7.22. The molecule has 0 saturated heterocycles. The summed E-state index contributed by atoms with van der Waals surface area (Å²) in [6, 6.07) is 7.77. The molecule has 8 heteroatoms. The van der Waals surface area contributed by atoms with E-state index in [0.29, 0.717) is 11.3 Å². The molecule has 2 aromatic rings. The molecule has 2 amide bonds. The number of benzene rings is 1. The van der Waals surface area contributed by atoms with Crippen molar-refractivity contribution in [2.45, 2.75) is 26.3 Å². The van der Waals surface area contributed by atoms with E-state index in [9.17, 15) is 19.7 Å². The predicted molar refractivity (Wildman–Crippen MR) is 92.0 cm³/mol. The minimum absolute atomic E-state index is 0.0434. The molecule has 1 aromatic carbocycles. The number of carbonyl (C=O) groups excluding carboxylic acids is 2. The summed E-state index contributed by atoms with van der Waals surface area (Å²) >= 11 is 1.45. The quantitative estimate of drug-likeness (QED) is 0.619. The van der Waals surface area contributed by atoms with Gasteiger partial charge in [0.05, 0.1) is 17.4 Å². The number of hydrogen-bond acceptors (Lipinski definition) is 5. The summed E-state index contributed by atoms with van der Waals surface area (Å²) in [5, 5.41) is 18.2. The average molecular weight is 347 g/mol. The van der Waals surface area contributed by atoms with Crippen LogP contribution in [0.5, 0.6) is 0 Å². The molecule has 0 radical (unpaired) electrons. The number of amides is 2. The lowest BCUT2D eigenvalue weighted by atomic mass is 10.1. The second-order valence-corrected chi connectivity index (χ2v) is 6.26. The van der Waals surface area contributed by atoms with Gasteiger partial charge in [-0.1, -0.05) is 12.1 Å². The lowest BCUT2D eigenvalue weighted by molar-refractivity contribution is -0.385. The molecule has 0 bridgehead atoms. The van der Waals surface area contributed by atoms with E-state index in [2.05, 4.69) is 10.6 Å². The first-order chi connectivity index (χ1) is 11.4. The number of hydrogen-bond donors (Lipinski definition) is 2. The Hall–Kier alpha value is -2.74. The van der Waals surface area contributed by atoms with Crippen molar-refractivity contribution in [2.24, 2.45) is 0 Å². The standard InChI is InChI=1S/C16H17N3O4S/c1-10-5-6-12(8-14(10)19(22)23)18-16(21)9-13(17-11(2)20)15-4-3-7-24-15/h3-8,13H,9H2,1-2H3,(H,17,20)(H,18,21). The van der Waals surface area contributed by atoms with Crippen LogP contribution in [0, 0.1) is 17.0 Å². The molecular formula is C16H17N3O4S. The fourth-order valence-corrected chi connectivity index (χ4v) is 3.02. The highest BCUT2D eigenvalue weighted by Gasteiger charge is 2.19. The third-order valence-electron chi connectivity index (χ3n) is 3.34. The van der Waals surface area contributed by atoms with E-state index in [0.717, 1.165) is 4.88 Å². The third-order valence-corrected chi connectivity index (χ3v) is 4.33. The van der Waals surface area contributed by atoms with Gasteiger partial charge in [-0.05, 0) is 24.4 Å². The van der Waals surface area contributed by atoms with E-state index < -0.39 is 11.0 Å². The van der Waals surface area contributed by atoms with Gasteiger partial charge in [0.25, 0.3) is 5.69 Å². The fourth-order valence-electron chi connectivity index (χ4n) is 2.24. The smallest absolute Gasteiger partial charge is 0.274 e. The predicted octanol–water partition coefficient (Wildman–Crippen LogP) is 3.17. The van der Waals surface area contributed by atoms with Gasteiger partial charge in [-0.25, -0.2) is 0 Å². The summed E-state index contributed by atoms with van der Waals surface area (Å²) < 4.78 is 0. The van der Waals surface area contributed by atoms with Crippen LogP contribution in [0.2, 0.25) is 0 Å². The van der Waals surface area contributed by atoms with E-state index >= 15 is 0 Å². The van der Waals surface area contributed by atoms with Crippen LogP contribution in [0.15, 0.2) is 35.7 Å². The van der Waals surface area contributed by atoms with Crippen LogP contribution in [-0.2, 0) is 9.59 Å². The molecule has 0 aliphatic carbocycles. The van der Waals surface area contributed by atoms with E-state index in [1.807, 2.05) is 17.5 Å². The molecule has 1 aromatic heterocycles. The van der Waals surface area contributed by atoms with Crippen molar-refractivity contribution in [3.8, 4) is 0 Å². The van der Waals surface area contributed by atoms with Crippen LogP contribution in [0.25, 0.3) is 0 Å². The molecule has 2 N–H and O–H groups in total. The van der Waals surface area contributed by atoms with Crippen molar-refractivity contribution in [2.75, 3.05) is 5.32 Å². The lowest BCUT2D eigenvalue weighted by Crippen LogP contribution is -2.29. The third kappa shape index (κ3) is 4.63. The number of rotatable bonds is 6. The minimum atomic E-state index is -0.489. The van der Waals surface area contributed by atoms with Crippen LogP contribution in [0.4, 0.5) is 11.4 Å². The van der Waals surface area contributed by atoms with Gasteiger partial charge < -0.3 is 10.6 Å². The monoisotopic (exact) mass is 347 g/mol. The number of nitro groups is 1. The molecule has 1 atom stereocenters. The topological polar surface area (TPSA) is 101 Å². The maximum absolute atomic E-state index is 12.2. The Morgan fingerprint density at radius 3 is 2.67 bits per heavy atom. The van der Waals surface area contributed by atoms with Gasteiger partial charge in [-0.15, -0.1) is 11.3 Å². The summed E-state index contributed by atoms with van der Waals surface area (Å²) in [7, 11) is 0. The summed E-state index contributed by atoms with van der Waals surface area (Å²) in [6.07, 6.45) is 0.0434. The molecule has 1 heterocycles. The first kappa shape index (κ1) is 17.6. The molecule has 0 aliphatic rings. The molecular weight excluding hydrogens is 330 g/mol. The number of carbonyl (C=O) groups is 2. The maximum atomic E-state index is 12.2. The zero-order valence-corrected chi connectivity index (χ0v) is 14.1. The van der Waals surface area contributed by atoms with Crippen molar-refractivity contribution in [3.05, 3.63) is 56.3 Å². The number of nitrogens with zero attached hydrogens (tertiary/aromatic N) is 1. The van der Waals surface area contributed by atoms with Gasteiger partial charge in [0.2, 0.25) is 11.8 Å². The molecule has 1 unspecified atom stereocenters. The number of nitrogens with one attached hydrogen (secondary N) is 2. The first-order valence-corrected chi connectivity index (χ1v) is 8.10. The zero-order valence-electron chi connectivity index (χ0n) is 13.2. The molecule has 0 spiro atoms. The van der Waals surface area contributed by atoms with Crippen LogP contribution < -0.4 is 10.6 Å². The Balaban J connectivity index is 2.10. The molecule has 24 heavy (non-hydrogen) atoms. The molecule has 0 aliphatic heterocycles. The van der Waals surface area contributed by atoms with Crippen LogP contribution in [0.3, 0.4) is 0 Å². The van der Waals surface area contributed by atoms with E-state index in [4.69, 9.17) is 0 Å².